The Hall–Kier alpha value is -7.22. The van der Waals surface area contributed by atoms with Gasteiger partial charge in [-0.05, 0) is 175 Å². The molecule has 4 aliphatic rings. The van der Waals surface area contributed by atoms with Crippen molar-refractivity contribution in [3.05, 3.63) is 223 Å². The Balaban J connectivity index is 1.02. The lowest BCUT2D eigenvalue weighted by atomic mass is 9.71. The van der Waals surface area contributed by atoms with Crippen LogP contribution in [-0.4, -0.2) is 0 Å². The maximum absolute atomic E-state index is 2.59. The number of hydrogen-bond acceptors (Lipinski definition) is 1. The van der Waals surface area contributed by atoms with Crippen molar-refractivity contribution in [2.24, 2.45) is 11.8 Å². The summed E-state index contributed by atoms with van der Waals surface area (Å²) in [5.74, 6) is 2.81. The molecule has 0 amide bonds. The van der Waals surface area contributed by atoms with E-state index in [2.05, 4.69) is 217 Å². The predicted molar refractivity (Wildman–Crippen MR) is 264 cm³/mol. The SMILES string of the molecule is c1ccc(-c2ccccc2-c2ccc(N(c3ccc4c(c3)-c3ccccc3-c3ccccc3-c3ccccc3-4)c3ccc4c(c3)C3CC5CC(CC3C5)c3ccccc3-4)cc2)cc1. The van der Waals surface area contributed by atoms with Crippen LogP contribution in [0.25, 0.3) is 77.9 Å². The van der Waals surface area contributed by atoms with E-state index in [0.717, 1.165) is 23.2 Å². The highest BCUT2D eigenvalue weighted by Gasteiger charge is 2.44. The van der Waals surface area contributed by atoms with Crippen molar-refractivity contribution in [2.45, 2.75) is 37.5 Å². The van der Waals surface area contributed by atoms with Crippen LogP contribution in [0.15, 0.2) is 212 Å². The van der Waals surface area contributed by atoms with Gasteiger partial charge in [0.05, 0.1) is 0 Å². The number of hydrogen-bond donors (Lipinski definition) is 0. The van der Waals surface area contributed by atoms with Crippen molar-refractivity contribution < 1.29 is 0 Å². The maximum Gasteiger partial charge on any atom is 0.0468 e. The van der Waals surface area contributed by atoms with E-state index >= 15 is 0 Å². The van der Waals surface area contributed by atoms with Crippen LogP contribution >= 0.6 is 0 Å². The maximum atomic E-state index is 2.59. The first-order valence-corrected chi connectivity index (χ1v) is 22.9. The molecule has 1 nitrogen and oxygen atoms in total. The molecule has 2 fully saturated rings. The zero-order valence-electron chi connectivity index (χ0n) is 35.3. The van der Waals surface area contributed by atoms with Gasteiger partial charge >= 0.3 is 0 Å². The van der Waals surface area contributed by atoms with Crippen LogP contribution in [0.3, 0.4) is 0 Å². The molecule has 9 aromatic rings. The smallest absolute Gasteiger partial charge is 0.0468 e. The molecule has 0 radical (unpaired) electrons. The van der Waals surface area contributed by atoms with Gasteiger partial charge in [0.2, 0.25) is 0 Å². The lowest BCUT2D eigenvalue weighted by Gasteiger charge is -2.35. The summed E-state index contributed by atoms with van der Waals surface area (Å²) in [5, 5.41) is 0. The summed E-state index contributed by atoms with van der Waals surface area (Å²) in [5.41, 5.74) is 24.5. The van der Waals surface area contributed by atoms with Gasteiger partial charge in [-0.15, -0.1) is 0 Å². The van der Waals surface area contributed by atoms with Crippen molar-refractivity contribution in [3.63, 3.8) is 0 Å². The summed E-state index contributed by atoms with van der Waals surface area (Å²) in [6.45, 7) is 0. The normalized spacial score (nSPS) is 18.5. The molecule has 0 saturated heterocycles. The van der Waals surface area contributed by atoms with Crippen LogP contribution in [0.2, 0.25) is 0 Å². The van der Waals surface area contributed by atoms with Gasteiger partial charge in [0.25, 0.3) is 0 Å². The molecule has 1 heteroatoms. The first-order valence-electron chi connectivity index (χ1n) is 22.9. The van der Waals surface area contributed by atoms with Gasteiger partial charge in [0, 0.05) is 17.1 Å². The summed E-state index contributed by atoms with van der Waals surface area (Å²) in [7, 11) is 0. The molecule has 9 aromatic carbocycles. The molecule has 63 heavy (non-hydrogen) atoms. The first-order chi connectivity index (χ1) is 31.2. The summed E-state index contributed by atoms with van der Waals surface area (Å²) in [4.78, 5) is 2.53. The third kappa shape index (κ3) is 5.98. The largest absolute Gasteiger partial charge is 0.310 e. The summed E-state index contributed by atoms with van der Waals surface area (Å²) < 4.78 is 0. The molecular formula is C62H47N. The van der Waals surface area contributed by atoms with Gasteiger partial charge in [0.15, 0.2) is 0 Å². The molecule has 0 heterocycles. The lowest BCUT2D eigenvalue weighted by molar-refractivity contribution is 0.311. The van der Waals surface area contributed by atoms with E-state index in [1.807, 2.05) is 0 Å². The van der Waals surface area contributed by atoms with Crippen LogP contribution in [0.1, 0.15) is 48.6 Å². The molecular weight excluding hydrogens is 759 g/mol. The number of anilines is 3. The molecule has 4 unspecified atom stereocenters. The topological polar surface area (TPSA) is 3.24 Å². The minimum absolute atomic E-state index is 0.585. The van der Waals surface area contributed by atoms with Crippen molar-refractivity contribution in [2.75, 3.05) is 4.90 Å². The monoisotopic (exact) mass is 805 g/mol. The summed E-state index contributed by atoms with van der Waals surface area (Å²) in [6.07, 6.45) is 5.32. The Bertz CT molecular complexity index is 3210. The fourth-order valence-electron chi connectivity index (χ4n) is 12.4. The molecule has 0 aliphatic heterocycles. The quantitative estimate of drug-likeness (QED) is 0.167. The zero-order valence-corrected chi connectivity index (χ0v) is 35.3. The number of fused-ring (bicyclic) bond motifs is 15. The van der Waals surface area contributed by atoms with E-state index in [-0.39, 0.29) is 0 Å². The van der Waals surface area contributed by atoms with Gasteiger partial charge in [-0.2, -0.15) is 0 Å². The molecule has 13 rings (SSSR count). The van der Waals surface area contributed by atoms with Gasteiger partial charge in [-0.1, -0.05) is 176 Å². The lowest BCUT2D eigenvalue weighted by Crippen LogP contribution is -2.19. The van der Waals surface area contributed by atoms with Crippen LogP contribution in [0.5, 0.6) is 0 Å². The third-order valence-electron chi connectivity index (χ3n) is 15.0. The Morgan fingerprint density at radius 3 is 1.35 bits per heavy atom. The predicted octanol–water partition coefficient (Wildman–Crippen LogP) is 17.1. The van der Waals surface area contributed by atoms with Gasteiger partial charge in [0.1, 0.15) is 0 Å². The first kappa shape index (κ1) is 36.4. The van der Waals surface area contributed by atoms with Crippen LogP contribution < -0.4 is 4.90 Å². The van der Waals surface area contributed by atoms with E-state index in [1.165, 1.54) is 115 Å². The van der Waals surface area contributed by atoms with E-state index in [4.69, 9.17) is 0 Å². The highest BCUT2D eigenvalue weighted by atomic mass is 15.1. The fraction of sp³-hybridized carbons (Fsp3) is 0.129. The van der Waals surface area contributed by atoms with E-state index in [9.17, 15) is 0 Å². The Morgan fingerprint density at radius 1 is 0.286 bits per heavy atom. The van der Waals surface area contributed by atoms with Gasteiger partial charge < -0.3 is 4.90 Å². The molecule has 0 spiro atoms. The second kappa shape index (κ2) is 14.7. The minimum atomic E-state index is 0.585. The van der Waals surface area contributed by atoms with Crippen LogP contribution in [0.4, 0.5) is 17.1 Å². The van der Waals surface area contributed by atoms with Gasteiger partial charge in [-0.25, -0.2) is 0 Å². The Morgan fingerprint density at radius 2 is 0.730 bits per heavy atom. The van der Waals surface area contributed by atoms with Crippen molar-refractivity contribution in [1.82, 2.24) is 0 Å². The molecule has 0 N–H and O–H groups in total. The zero-order chi connectivity index (χ0) is 41.4. The molecule has 300 valence electrons. The fourth-order valence-corrected chi connectivity index (χ4v) is 12.4. The highest BCUT2D eigenvalue weighted by Crippen LogP contribution is 2.60. The number of rotatable bonds is 5. The Labute approximate surface area is 371 Å². The molecule has 0 aromatic heterocycles. The molecule has 4 atom stereocenters. The van der Waals surface area contributed by atoms with E-state index < -0.39 is 0 Å². The average molecular weight is 806 g/mol. The standard InChI is InChI=1S/C62H47N/c1-2-14-41(15-3-1)48-16-4-5-17-49(48)42-26-28-45(29-27-42)63(47-30-32-58-51-19-7-6-18-50(51)43-34-40-35-44(37-43)60(36-40)62(58)39-47)46-31-33-59-56-24-11-10-22-54(56)52-20-8-9-21-53(52)55-23-12-13-25-57(55)61(59)38-46/h1-33,38-40,43-44,60H,34-37H2. The van der Waals surface area contributed by atoms with Crippen molar-refractivity contribution >= 4 is 17.1 Å². The van der Waals surface area contributed by atoms with Crippen LogP contribution in [0, 0.1) is 11.8 Å². The summed E-state index contributed by atoms with van der Waals surface area (Å²) in [6, 6.07) is 79.8. The minimum Gasteiger partial charge on any atom is -0.310 e. The third-order valence-corrected chi connectivity index (χ3v) is 15.0. The number of benzene rings is 9. The second-order valence-corrected chi connectivity index (χ2v) is 18.4. The molecule has 3 bridgehead atoms. The van der Waals surface area contributed by atoms with Crippen molar-refractivity contribution in [3.8, 4) is 77.9 Å². The van der Waals surface area contributed by atoms with Crippen LogP contribution in [-0.2, 0) is 0 Å². The Kier molecular flexibility index (Phi) is 8.51. The number of nitrogens with zero attached hydrogens (tertiary/aromatic N) is 1. The molecule has 2 saturated carbocycles. The average Bonchev–Trinajstić information content (AvgIpc) is 3.67. The van der Waals surface area contributed by atoms with Crippen molar-refractivity contribution in [1.29, 1.82) is 0 Å². The van der Waals surface area contributed by atoms with E-state index in [1.54, 1.807) is 5.56 Å². The van der Waals surface area contributed by atoms with E-state index in [0.29, 0.717) is 11.8 Å². The van der Waals surface area contributed by atoms with Gasteiger partial charge in [-0.3, -0.25) is 0 Å². The summed E-state index contributed by atoms with van der Waals surface area (Å²) >= 11 is 0. The molecule has 4 aliphatic carbocycles. The second-order valence-electron chi connectivity index (χ2n) is 18.4. The highest BCUT2D eigenvalue weighted by molar-refractivity contribution is 6.04.